The highest BCUT2D eigenvalue weighted by molar-refractivity contribution is 9.10. The zero-order valence-corrected chi connectivity index (χ0v) is 13.3. The van der Waals surface area contributed by atoms with Gasteiger partial charge in [0.2, 0.25) is 5.91 Å². The summed E-state index contributed by atoms with van der Waals surface area (Å²) in [6.45, 7) is 3.88. The van der Waals surface area contributed by atoms with Crippen LogP contribution in [0.25, 0.3) is 0 Å². The van der Waals surface area contributed by atoms with E-state index in [1.807, 2.05) is 31.2 Å². The van der Waals surface area contributed by atoms with Gasteiger partial charge in [-0.05, 0) is 57.0 Å². The number of hydrogen-bond acceptors (Lipinski definition) is 3. The van der Waals surface area contributed by atoms with Crippen molar-refractivity contribution in [3.63, 3.8) is 0 Å². The van der Waals surface area contributed by atoms with Gasteiger partial charge in [-0.15, -0.1) is 0 Å². The van der Waals surface area contributed by atoms with Crippen molar-refractivity contribution in [2.75, 3.05) is 25.0 Å². The molecule has 1 aliphatic rings. The lowest BCUT2D eigenvalue weighted by molar-refractivity contribution is -0.117. The Morgan fingerprint density at radius 1 is 1.35 bits per heavy atom. The average Bonchev–Trinajstić information content (AvgIpc) is 2.54. The molecule has 0 spiro atoms. The number of rotatable bonds is 3. The number of carbonyl (C=O) groups is 1. The van der Waals surface area contributed by atoms with E-state index in [2.05, 4.69) is 26.1 Å². The SMILES string of the molecule is CC1(O)CCCN(CC(=O)Nc2ccc(Br)cc2)CC1. The minimum absolute atomic E-state index is 0.00568. The van der Waals surface area contributed by atoms with Gasteiger partial charge in [0.25, 0.3) is 0 Å². The van der Waals surface area contributed by atoms with Crippen molar-refractivity contribution in [2.24, 2.45) is 0 Å². The maximum absolute atomic E-state index is 12.0. The molecule has 1 atom stereocenters. The lowest BCUT2D eigenvalue weighted by atomic mass is 9.98. The summed E-state index contributed by atoms with van der Waals surface area (Å²) in [5.41, 5.74) is 0.219. The topological polar surface area (TPSA) is 52.6 Å². The summed E-state index contributed by atoms with van der Waals surface area (Å²) in [5, 5.41) is 12.9. The van der Waals surface area contributed by atoms with Crippen molar-refractivity contribution in [2.45, 2.75) is 31.8 Å². The third kappa shape index (κ3) is 4.89. The number of nitrogens with zero attached hydrogens (tertiary/aromatic N) is 1. The molecule has 0 aromatic heterocycles. The first-order valence-corrected chi connectivity index (χ1v) is 7.74. The molecule has 110 valence electrons. The Morgan fingerprint density at radius 3 is 2.75 bits per heavy atom. The first kappa shape index (κ1) is 15.5. The van der Waals surface area contributed by atoms with Crippen LogP contribution in [0.4, 0.5) is 5.69 Å². The highest BCUT2D eigenvalue weighted by Crippen LogP contribution is 2.21. The zero-order chi connectivity index (χ0) is 14.6. The third-order valence-corrected chi connectivity index (χ3v) is 4.18. The molecule has 1 fully saturated rings. The van der Waals surface area contributed by atoms with E-state index in [1.54, 1.807) is 0 Å². The molecule has 0 radical (unpaired) electrons. The molecule has 2 N–H and O–H groups in total. The zero-order valence-electron chi connectivity index (χ0n) is 11.7. The number of carbonyl (C=O) groups excluding carboxylic acids is 1. The van der Waals surface area contributed by atoms with Crippen LogP contribution in [-0.4, -0.2) is 41.1 Å². The monoisotopic (exact) mass is 340 g/mol. The van der Waals surface area contributed by atoms with Crippen LogP contribution in [0, 0.1) is 0 Å². The molecule has 20 heavy (non-hydrogen) atoms. The molecule has 1 aliphatic heterocycles. The first-order valence-electron chi connectivity index (χ1n) is 6.95. The Hall–Kier alpha value is -0.910. The maximum Gasteiger partial charge on any atom is 0.238 e. The van der Waals surface area contributed by atoms with Crippen molar-refractivity contribution in [1.82, 2.24) is 4.90 Å². The minimum Gasteiger partial charge on any atom is -0.390 e. The van der Waals surface area contributed by atoms with Gasteiger partial charge in [-0.2, -0.15) is 0 Å². The summed E-state index contributed by atoms with van der Waals surface area (Å²) < 4.78 is 0.991. The number of likely N-dealkylation sites (tertiary alicyclic amines) is 1. The molecular formula is C15H21BrN2O2. The van der Waals surface area contributed by atoms with Gasteiger partial charge in [0.1, 0.15) is 0 Å². The van der Waals surface area contributed by atoms with Crippen LogP contribution in [0.1, 0.15) is 26.2 Å². The molecule has 1 heterocycles. The lowest BCUT2D eigenvalue weighted by Gasteiger charge is -2.22. The number of benzene rings is 1. The third-order valence-electron chi connectivity index (χ3n) is 3.65. The van der Waals surface area contributed by atoms with Gasteiger partial charge in [0.15, 0.2) is 0 Å². The molecule has 0 bridgehead atoms. The number of nitrogens with one attached hydrogen (secondary N) is 1. The van der Waals surface area contributed by atoms with Crippen LogP contribution >= 0.6 is 15.9 Å². The van der Waals surface area contributed by atoms with E-state index >= 15 is 0 Å². The molecule has 4 nitrogen and oxygen atoms in total. The fraction of sp³-hybridized carbons (Fsp3) is 0.533. The molecule has 1 amide bonds. The highest BCUT2D eigenvalue weighted by atomic mass is 79.9. The van der Waals surface area contributed by atoms with Crippen molar-refractivity contribution in [1.29, 1.82) is 0 Å². The van der Waals surface area contributed by atoms with Crippen molar-refractivity contribution < 1.29 is 9.90 Å². The van der Waals surface area contributed by atoms with Gasteiger partial charge in [-0.1, -0.05) is 15.9 Å². The maximum atomic E-state index is 12.0. The summed E-state index contributed by atoms with van der Waals surface area (Å²) in [4.78, 5) is 14.1. The molecule has 1 aromatic carbocycles. The molecule has 1 saturated heterocycles. The van der Waals surface area contributed by atoms with Crippen molar-refractivity contribution >= 4 is 27.5 Å². The fourth-order valence-corrected chi connectivity index (χ4v) is 2.68. The Balaban J connectivity index is 1.83. The predicted molar refractivity (Wildman–Crippen MR) is 83.7 cm³/mol. The summed E-state index contributed by atoms with van der Waals surface area (Å²) >= 11 is 3.37. The van der Waals surface area contributed by atoms with Crippen LogP contribution in [0.5, 0.6) is 0 Å². The Labute approximate surface area is 128 Å². The van der Waals surface area contributed by atoms with Gasteiger partial charge in [-0.3, -0.25) is 9.69 Å². The van der Waals surface area contributed by atoms with Crippen LogP contribution in [0.3, 0.4) is 0 Å². The Kier molecular flexibility index (Phi) is 5.18. The second-order valence-corrected chi connectivity index (χ2v) is 6.60. The van der Waals surface area contributed by atoms with Gasteiger partial charge >= 0.3 is 0 Å². The second-order valence-electron chi connectivity index (χ2n) is 5.68. The van der Waals surface area contributed by atoms with Crippen molar-refractivity contribution in [3.8, 4) is 0 Å². The number of amides is 1. The largest absolute Gasteiger partial charge is 0.390 e. The van der Waals surface area contributed by atoms with E-state index in [-0.39, 0.29) is 5.91 Å². The summed E-state index contributed by atoms with van der Waals surface area (Å²) in [6, 6.07) is 7.54. The normalized spacial score (nSPS) is 24.1. The van der Waals surface area contributed by atoms with E-state index in [1.165, 1.54) is 0 Å². The number of halogens is 1. The molecule has 0 aliphatic carbocycles. The van der Waals surface area contributed by atoms with Crippen molar-refractivity contribution in [3.05, 3.63) is 28.7 Å². The Bertz CT molecular complexity index is 459. The lowest BCUT2D eigenvalue weighted by Crippen LogP contribution is -2.35. The smallest absolute Gasteiger partial charge is 0.238 e. The average molecular weight is 341 g/mol. The van der Waals surface area contributed by atoms with Gasteiger partial charge in [0.05, 0.1) is 12.1 Å². The van der Waals surface area contributed by atoms with Crippen LogP contribution in [-0.2, 0) is 4.79 Å². The van der Waals surface area contributed by atoms with E-state index in [4.69, 9.17) is 0 Å². The summed E-state index contributed by atoms with van der Waals surface area (Å²) in [7, 11) is 0. The summed E-state index contributed by atoms with van der Waals surface area (Å²) in [6.07, 6.45) is 2.45. The standard InChI is InChI=1S/C15H21BrN2O2/c1-15(20)7-2-9-18(10-8-15)11-14(19)17-13-5-3-12(16)4-6-13/h3-6,20H,2,7-11H2,1H3,(H,17,19). The van der Waals surface area contributed by atoms with Crippen LogP contribution < -0.4 is 5.32 Å². The second kappa shape index (κ2) is 6.70. The van der Waals surface area contributed by atoms with E-state index in [0.29, 0.717) is 6.54 Å². The predicted octanol–water partition coefficient (Wildman–Crippen LogP) is 2.62. The van der Waals surface area contributed by atoms with Gasteiger partial charge < -0.3 is 10.4 Å². The van der Waals surface area contributed by atoms with Crippen LogP contribution in [0.15, 0.2) is 28.7 Å². The molecule has 1 aromatic rings. The van der Waals surface area contributed by atoms with E-state index in [0.717, 1.165) is 42.5 Å². The number of anilines is 1. The molecule has 0 saturated carbocycles. The van der Waals surface area contributed by atoms with Gasteiger partial charge in [-0.25, -0.2) is 0 Å². The molecule has 1 unspecified atom stereocenters. The quantitative estimate of drug-likeness (QED) is 0.889. The van der Waals surface area contributed by atoms with Crippen LogP contribution in [0.2, 0.25) is 0 Å². The number of hydrogen-bond donors (Lipinski definition) is 2. The molecule has 2 rings (SSSR count). The number of aliphatic hydroxyl groups is 1. The first-order chi connectivity index (χ1) is 9.44. The summed E-state index contributed by atoms with van der Waals surface area (Å²) in [5.74, 6) is -0.00568. The van der Waals surface area contributed by atoms with Gasteiger partial charge in [0, 0.05) is 16.7 Å². The molecule has 5 heteroatoms. The van der Waals surface area contributed by atoms with E-state index < -0.39 is 5.60 Å². The Morgan fingerprint density at radius 2 is 2.05 bits per heavy atom. The minimum atomic E-state index is -0.586. The van der Waals surface area contributed by atoms with E-state index in [9.17, 15) is 9.90 Å². The fourth-order valence-electron chi connectivity index (χ4n) is 2.41. The molecular weight excluding hydrogens is 320 g/mol. The highest BCUT2D eigenvalue weighted by Gasteiger charge is 2.25.